The van der Waals surface area contributed by atoms with E-state index >= 15 is 0 Å². The first-order valence-electron chi connectivity index (χ1n) is 13.6. The molecule has 6 nitrogen and oxygen atoms in total. The van der Waals surface area contributed by atoms with Crippen LogP contribution < -0.4 is 16.0 Å². The highest BCUT2D eigenvalue weighted by atomic mass is 35.5. The number of carbonyl (C=O) groups excluding carboxylic acids is 2. The van der Waals surface area contributed by atoms with Crippen LogP contribution in [0.1, 0.15) is 55.3 Å². The number of halogens is 1. The van der Waals surface area contributed by atoms with Crippen molar-refractivity contribution in [2.45, 2.75) is 50.2 Å². The Morgan fingerprint density at radius 1 is 0.895 bits per heavy atom. The normalized spacial score (nSPS) is 26.0. The highest BCUT2D eigenvalue weighted by molar-refractivity contribution is 6.30. The van der Waals surface area contributed by atoms with Crippen LogP contribution in [-0.4, -0.2) is 29.4 Å². The zero-order valence-electron chi connectivity index (χ0n) is 21.3. The van der Waals surface area contributed by atoms with Gasteiger partial charge in [-0.3, -0.25) is 4.79 Å². The quantitative estimate of drug-likeness (QED) is 0.349. The largest absolute Gasteiger partial charge is 0.378 e. The number of carbonyl (C=O) groups is 2. The molecule has 3 N–H and O–H groups in total. The van der Waals surface area contributed by atoms with Gasteiger partial charge < -0.3 is 20.9 Å². The predicted molar refractivity (Wildman–Crippen MR) is 151 cm³/mol. The van der Waals surface area contributed by atoms with E-state index in [1.807, 2.05) is 6.07 Å². The van der Waals surface area contributed by atoms with Gasteiger partial charge >= 0.3 is 6.03 Å². The zero-order chi connectivity index (χ0) is 26.1. The fourth-order valence-corrected chi connectivity index (χ4v) is 6.87. The van der Waals surface area contributed by atoms with E-state index in [2.05, 4.69) is 69.4 Å². The molecule has 3 aromatic carbocycles. The molecule has 2 heterocycles. The van der Waals surface area contributed by atoms with Crippen LogP contribution in [0.3, 0.4) is 0 Å². The minimum absolute atomic E-state index is 0.0213. The van der Waals surface area contributed by atoms with Crippen LogP contribution in [0.25, 0.3) is 0 Å². The van der Waals surface area contributed by atoms with Gasteiger partial charge in [-0.2, -0.15) is 0 Å². The lowest BCUT2D eigenvalue weighted by Crippen LogP contribution is -2.51. The molecular formula is C31H33ClN4O2. The van der Waals surface area contributed by atoms with E-state index in [0.717, 1.165) is 44.3 Å². The number of nitrogens with zero attached hydrogens (tertiary/aromatic N) is 1. The molecule has 196 valence electrons. The molecule has 1 aliphatic carbocycles. The number of hydrogen-bond donors (Lipinski definition) is 3. The van der Waals surface area contributed by atoms with Crippen molar-refractivity contribution >= 4 is 34.9 Å². The summed E-state index contributed by atoms with van der Waals surface area (Å²) in [6.07, 6.45) is 4.53. The third-order valence-corrected chi connectivity index (χ3v) is 8.62. The Bertz CT molecular complexity index is 1320. The number of fused-ring (bicyclic) bond motifs is 3. The van der Waals surface area contributed by atoms with Gasteiger partial charge in [-0.15, -0.1) is 0 Å². The van der Waals surface area contributed by atoms with Crippen LogP contribution in [0.15, 0.2) is 78.9 Å². The van der Waals surface area contributed by atoms with Crippen LogP contribution in [0.4, 0.5) is 16.2 Å². The van der Waals surface area contributed by atoms with Crippen molar-refractivity contribution in [3.63, 3.8) is 0 Å². The van der Waals surface area contributed by atoms with Gasteiger partial charge in [-0.25, -0.2) is 4.79 Å². The van der Waals surface area contributed by atoms with Crippen LogP contribution in [-0.2, 0) is 4.79 Å². The van der Waals surface area contributed by atoms with Gasteiger partial charge in [0.05, 0.1) is 18.0 Å². The first kappa shape index (κ1) is 24.8. The third-order valence-electron chi connectivity index (χ3n) is 8.39. The average molecular weight is 529 g/mol. The summed E-state index contributed by atoms with van der Waals surface area (Å²) in [7, 11) is 0. The lowest BCUT2D eigenvalue weighted by molar-refractivity contribution is -0.138. The molecule has 38 heavy (non-hydrogen) atoms. The first-order valence-corrected chi connectivity index (χ1v) is 14.0. The summed E-state index contributed by atoms with van der Waals surface area (Å²) in [4.78, 5) is 29.2. The molecule has 3 aromatic rings. The summed E-state index contributed by atoms with van der Waals surface area (Å²) in [6, 6.07) is 25.7. The molecule has 5 atom stereocenters. The molecule has 7 heteroatoms. The van der Waals surface area contributed by atoms with Crippen LogP contribution in [0, 0.1) is 11.8 Å². The van der Waals surface area contributed by atoms with Gasteiger partial charge in [0.25, 0.3) is 0 Å². The van der Waals surface area contributed by atoms with Crippen molar-refractivity contribution in [3.8, 4) is 0 Å². The Kier molecular flexibility index (Phi) is 6.98. The van der Waals surface area contributed by atoms with Crippen molar-refractivity contribution in [3.05, 3.63) is 95.0 Å². The molecule has 1 saturated heterocycles. The monoisotopic (exact) mass is 528 g/mol. The Hall–Kier alpha value is -3.51. The van der Waals surface area contributed by atoms with Crippen molar-refractivity contribution < 1.29 is 9.59 Å². The number of benzene rings is 3. The van der Waals surface area contributed by atoms with Gasteiger partial charge in [0.2, 0.25) is 5.91 Å². The van der Waals surface area contributed by atoms with Crippen molar-refractivity contribution in [1.29, 1.82) is 0 Å². The van der Waals surface area contributed by atoms with E-state index in [1.165, 1.54) is 11.1 Å². The van der Waals surface area contributed by atoms with Gasteiger partial charge in [-0.1, -0.05) is 79.0 Å². The van der Waals surface area contributed by atoms with E-state index < -0.39 is 0 Å². The third kappa shape index (κ3) is 4.85. The van der Waals surface area contributed by atoms with Gasteiger partial charge in [0.1, 0.15) is 0 Å². The SMILES string of the molecule is O=C(Nc1cccc(Cl)c1)N[C@@H]1CCCC[C@@H]1C(=O)N1CC[C@@H]2[C@H](c3ccccc3)Nc3ccccc3[C@@H]21. The number of para-hydroxylation sites is 1. The Morgan fingerprint density at radius 2 is 1.68 bits per heavy atom. The number of anilines is 2. The van der Waals surface area contributed by atoms with Crippen molar-refractivity contribution in [2.24, 2.45) is 11.8 Å². The highest BCUT2D eigenvalue weighted by Crippen LogP contribution is 2.51. The van der Waals surface area contributed by atoms with Crippen LogP contribution >= 0.6 is 11.6 Å². The number of hydrogen-bond acceptors (Lipinski definition) is 3. The lowest BCUT2D eigenvalue weighted by atomic mass is 9.79. The second-order valence-electron chi connectivity index (χ2n) is 10.7. The van der Waals surface area contributed by atoms with Crippen LogP contribution in [0.5, 0.6) is 0 Å². The second-order valence-corrected chi connectivity index (χ2v) is 11.1. The molecule has 0 aromatic heterocycles. The molecule has 0 spiro atoms. The minimum atomic E-state index is -0.299. The number of likely N-dealkylation sites (tertiary alicyclic amines) is 1. The molecular weight excluding hydrogens is 496 g/mol. The molecule has 2 aliphatic heterocycles. The number of nitrogens with one attached hydrogen (secondary N) is 3. The summed E-state index contributed by atoms with van der Waals surface area (Å²) in [5.74, 6) is 0.219. The van der Waals surface area contributed by atoms with Gasteiger partial charge in [-0.05, 0) is 54.7 Å². The molecule has 0 unspecified atom stereocenters. The topological polar surface area (TPSA) is 73.5 Å². The molecule has 1 saturated carbocycles. The summed E-state index contributed by atoms with van der Waals surface area (Å²) in [5, 5.41) is 10.3. The fourth-order valence-electron chi connectivity index (χ4n) is 6.68. The van der Waals surface area contributed by atoms with E-state index in [4.69, 9.17) is 11.6 Å². The molecule has 0 radical (unpaired) electrons. The number of rotatable bonds is 4. The van der Waals surface area contributed by atoms with Crippen molar-refractivity contribution in [1.82, 2.24) is 10.2 Å². The van der Waals surface area contributed by atoms with Gasteiger partial charge in [0.15, 0.2) is 0 Å². The first-order chi connectivity index (χ1) is 18.6. The molecule has 2 fully saturated rings. The predicted octanol–water partition coefficient (Wildman–Crippen LogP) is 6.78. The second kappa shape index (κ2) is 10.7. The van der Waals surface area contributed by atoms with E-state index in [9.17, 15) is 9.59 Å². The molecule has 0 bridgehead atoms. The maximum atomic E-state index is 14.2. The van der Waals surface area contributed by atoms with Crippen LogP contribution in [0.2, 0.25) is 5.02 Å². The van der Waals surface area contributed by atoms with E-state index in [0.29, 0.717) is 10.7 Å². The average Bonchev–Trinajstić information content (AvgIpc) is 3.39. The summed E-state index contributed by atoms with van der Waals surface area (Å²) in [5.41, 5.74) is 4.17. The Balaban J connectivity index is 1.23. The standard InChI is InChI=1S/C31H33ClN4O2/c32-21-11-8-12-22(19-21)33-31(38)35-27-16-7-5-14-24(27)30(37)36-18-17-25-28(20-9-2-1-3-10-20)34-26-15-6-4-13-23(26)29(25)36/h1-4,6,8-13,15,19,24-25,27-29,34H,5,7,14,16-18H2,(H2,33,35,38)/t24-,25+,27+,28-,29-/m0/s1. The fraction of sp³-hybridized carbons (Fsp3) is 0.355. The summed E-state index contributed by atoms with van der Waals surface area (Å²) < 4.78 is 0. The number of urea groups is 1. The van der Waals surface area contributed by atoms with E-state index in [-0.39, 0.29) is 41.9 Å². The number of amides is 3. The molecule has 3 amide bonds. The molecule has 3 aliphatic rings. The summed E-state index contributed by atoms with van der Waals surface area (Å²) >= 11 is 6.07. The molecule has 6 rings (SSSR count). The van der Waals surface area contributed by atoms with Gasteiger partial charge in [0, 0.05) is 34.9 Å². The Labute approximate surface area is 228 Å². The zero-order valence-corrected chi connectivity index (χ0v) is 22.0. The maximum absolute atomic E-state index is 14.2. The smallest absolute Gasteiger partial charge is 0.319 e. The lowest BCUT2D eigenvalue weighted by Gasteiger charge is -2.42. The maximum Gasteiger partial charge on any atom is 0.319 e. The Morgan fingerprint density at radius 3 is 2.53 bits per heavy atom. The summed E-state index contributed by atoms with van der Waals surface area (Å²) in [6.45, 7) is 0.728. The van der Waals surface area contributed by atoms with E-state index in [1.54, 1.807) is 24.3 Å². The minimum Gasteiger partial charge on any atom is -0.378 e. The highest BCUT2D eigenvalue weighted by Gasteiger charge is 2.48. The van der Waals surface area contributed by atoms with Crippen molar-refractivity contribution in [2.75, 3.05) is 17.2 Å².